The molecular weight excluding hydrogens is 650 g/mol. The van der Waals surface area contributed by atoms with Crippen molar-refractivity contribution in [3.8, 4) is 16.9 Å². The molecule has 0 unspecified atom stereocenters. The van der Waals surface area contributed by atoms with Crippen molar-refractivity contribution in [3.63, 3.8) is 0 Å². The van der Waals surface area contributed by atoms with Gasteiger partial charge in [-0.3, -0.25) is 19.2 Å². The van der Waals surface area contributed by atoms with Gasteiger partial charge in [0.15, 0.2) is 0 Å². The number of carboxylic acids is 1. The standard InChI is InChI=1S/C31H29F4N3O8S/c1-46-24-15-23(32)21(16-7-9-38(25(39)12-16)10-8-26(40)41)14-22(24)29(42)37-28-18-6-5-17(11-18)27(28)30(43)36-19-3-2-4-20(13-19)47(44,45)31(33,34)35/h2-4,7,9,12-15,17-18,27-28H,5-6,8,10-11H2,1H3,(H,36,43)(H,37,42)(H,40,41)/t17-,18+,27+,28-/m1/s1. The van der Waals surface area contributed by atoms with E-state index in [9.17, 15) is 40.8 Å². The Morgan fingerprint density at radius 1 is 1.06 bits per heavy atom. The number of aliphatic carboxylic acids is 1. The van der Waals surface area contributed by atoms with Gasteiger partial charge in [-0.15, -0.1) is 0 Å². The molecule has 16 heteroatoms. The third-order valence-electron chi connectivity index (χ3n) is 8.64. The monoisotopic (exact) mass is 679 g/mol. The first-order valence-electron chi connectivity index (χ1n) is 14.4. The molecule has 2 aliphatic rings. The Bertz CT molecular complexity index is 1910. The van der Waals surface area contributed by atoms with Crippen LogP contribution in [0.2, 0.25) is 0 Å². The number of aryl methyl sites for hydroxylation is 1. The van der Waals surface area contributed by atoms with Crippen LogP contribution in [0.25, 0.3) is 11.1 Å². The van der Waals surface area contributed by atoms with Crippen LogP contribution in [0.3, 0.4) is 0 Å². The highest BCUT2D eigenvalue weighted by Crippen LogP contribution is 2.49. The maximum absolute atomic E-state index is 15.2. The number of halogens is 4. The van der Waals surface area contributed by atoms with Gasteiger partial charge in [0, 0.05) is 42.2 Å². The zero-order valence-corrected chi connectivity index (χ0v) is 25.5. The van der Waals surface area contributed by atoms with E-state index in [1.165, 1.54) is 31.5 Å². The number of ether oxygens (including phenoxy) is 1. The van der Waals surface area contributed by atoms with Crippen molar-refractivity contribution in [1.29, 1.82) is 0 Å². The number of fused-ring (bicyclic) bond motifs is 2. The highest BCUT2D eigenvalue weighted by atomic mass is 32.2. The summed E-state index contributed by atoms with van der Waals surface area (Å²) in [7, 11) is -4.42. The van der Waals surface area contributed by atoms with Crippen molar-refractivity contribution in [2.45, 2.75) is 48.7 Å². The number of nitrogens with one attached hydrogen (secondary N) is 2. The van der Waals surface area contributed by atoms with Gasteiger partial charge in [-0.05, 0) is 67.0 Å². The molecule has 1 aromatic heterocycles. The largest absolute Gasteiger partial charge is 0.501 e. The molecule has 2 bridgehead atoms. The number of aromatic nitrogens is 1. The van der Waals surface area contributed by atoms with E-state index >= 15 is 4.39 Å². The van der Waals surface area contributed by atoms with Crippen LogP contribution in [-0.4, -0.2) is 54.5 Å². The Morgan fingerprint density at radius 3 is 2.45 bits per heavy atom. The Hall–Kier alpha value is -4.73. The number of carbonyl (C=O) groups is 3. The molecule has 250 valence electrons. The normalized spacial score (nSPS) is 20.5. The first-order chi connectivity index (χ1) is 22.1. The maximum Gasteiger partial charge on any atom is 0.501 e. The summed E-state index contributed by atoms with van der Waals surface area (Å²) in [4.78, 5) is 49.5. The molecule has 0 saturated heterocycles. The number of alkyl halides is 3. The average molecular weight is 680 g/mol. The summed E-state index contributed by atoms with van der Waals surface area (Å²) in [5, 5.41) is 14.2. The zero-order chi connectivity index (χ0) is 34.3. The van der Waals surface area contributed by atoms with Crippen LogP contribution >= 0.6 is 0 Å². The fourth-order valence-corrected chi connectivity index (χ4v) is 7.21. The van der Waals surface area contributed by atoms with E-state index in [0.717, 1.165) is 34.9 Å². The van der Waals surface area contributed by atoms with Crippen molar-refractivity contribution in [2.24, 2.45) is 17.8 Å². The summed E-state index contributed by atoms with van der Waals surface area (Å²) in [6.07, 6.45) is 2.98. The molecule has 1 heterocycles. The van der Waals surface area contributed by atoms with E-state index in [1.807, 2.05) is 0 Å². The number of anilines is 1. The quantitative estimate of drug-likeness (QED) is 0.269. The van der Waals surface area contributed by atoms with Crippen LogP contribution < -0.4 is 20.9 Å². The Labute approximate surface area is 265 Å². The number of sulfone groups is 1. The number of amides is 2. The molecule has 3 aromatic rings. The van der Waals surface area contributed by atoms with Crippen LogP contribution in [0, 0.1) is 23.6 Å². The molecule has 2 saturated carbocycles. The second-order valence-corrected chi connectivity index (χ2v) is 13.4. The Balaban J connectivity index is 1.39. The minimum atomic E-state index is -5.65. The highest BCUT2D eigenvalue weighted by Gasteiger charge is 2.52. The zero-order valence-electron chi connectivity index (χ0n) is 24.7. The number of hydrogen-bond donors (Lipinski definition) is 3. The molecule has 0 spiro atoms. The molecule has 3 N–H and O–H groups in total. The van der Waals surface area contributed by atoms with Crippen molar-refractivity contribution in [3.05, 3.63) is 76.5 Å². The molecule has 4 atom stereocenters. The van der Waals surface area contributed by atoms with Crippen LogP contribution in [0.4, 0.5) is 23.2 Å². The lowest BCUT2D eigenvalue weighted by Gasteiger charge is -2.31. The van der Waals surface area contributed by atoms with Gasteiger partial charge < -0.3 is 25.0 Å². The van der Waals surface area contributed by atoms with Gasteiger partial charge in [-0.2, -0.15) is 13.2 Å². The number of benzene rings is 2. The fraction of sp³-hybridized carbons (Fsp3) is 0.355. The van der Waals surface area contributed by atoms with Crippen LogP contribution in [0.1, 0.15) is 36.0 Å². The van der Waals surface area contributed by atoms with Gasteiger partial charge >= 0.3 is 11.5 Å². The number of carbonyl (C=O) groups excluding carboxylic acids is 2. The van der Waals surface area contributed by atoms with E-state index in [4.69, 9.17) is 9.84 Å². The lowest BCUT2D eigenvalue weighted by Crippen LogP contribution is -2.48. The predicted molar refractivity (Wildman–Crippen MR) is 159 cm³/mol. The van der Waals surface area contributed by atoms with Crippen molar-refractivity contribution in [2.75, 3.05) is 12.4 Å². The number of rotatable bonds is 10. The Kier molecular flexibility index (Phi) is 9.17. The van der Waals surface area contributed by atoms with Gasteiger partial charge in [0.25, 0.3) is 21.3 Å². The van der Waals surface area contributed by atoms with Crippen molar-refractivity contribution < 1.29 is 50.2 Å². The number of pyridine rings is 1. The van der Waals surface area contributed by atoms with Crippen LogP contribution in [0.5, 0.6) is 5.75 Å². The van der Waals surface area contributed by atoms with E-state index in [0.29, 0.717) is 19.3 Å². The highest BCUT2D eigenvalue weighted by molar-refractivity contribution is 7.92. The van der Waals surface area contributed by atoms with Gasteiger partial charge in [0.05, 0.1) is 29.9 Å². The number of hydrogen-bond acceptors (Lipinski definition) is 7. The Morgan fingerprint density at radius 2 is 1.79 bits per heavy atom. The molecule has 2 aromatic carbocycles. The molecule has 2 fully saturated rings. The van der Waals surface area contributed by atoms with Gasteiger partial charge in [0.2, 0.25) is 5.91 Å². The first kappa shape index (κ1) is 33.6. The molecule has 11 nitrogen and oxygen atoms in total. The van der Waals surface area contributed by atoms with Crippen LogP contribution in [0.15, 0.2) is 64.4 Å². The van der Waals surface area contributed by atoms with E-state index in [-0.39, 0.29) is 52.9 Å². The predicted octanol–water partition coefficient (Wildman–Crippen LogP) is 4.21. The number of carboxylic acid groups (broad SMARTS) is 1. The second-order valence-electron chi connectivity index (χ2n) is 11.4. The molecule has 0 aliphatic heterocycles. The molecular formula is C31H29F4N3O8S. The van der Waals surface area contributed by atoms with Crippen molar-refractivity contribution in [1.82, 2.24) is 9.88 Å². The van der Waals surface area contributed by atoms with Gasteiger partial charge in [-0.1, -0.05) is 6.07 Å². The third kappa shape index (κ3) is 6.73. The number of methoxy groups -OCH3 is 1. The topological polar surface area (TPSA) is 161 Å². The smallest absolute Gasteiger partial charge is 0.496 e. The minimum absolute atomic E-state index is 0.0917. The van der Waals surface area contributed by atoms with Gasteiger partial charge in [0.1, 0.15) is 11.6 Å². The average Bonchev–Trinajstić information content (AvgIpc) is 3.62. The van der Waals surface area contributed by atoms with Crippen LogP contribution in [-0.2, 0) is 26.0 Å². The van der Waals surface area contributed by atoms with Crippen molar-refractivity contribution >= 4 is 33.3 Å². The van der Waals surface area contributed by atoms with E-state index in [1.54, 1.807) is 0 Å². The third-order valence-corrected chi connectivity index (χ3v) is 10.1. The fourth-order valence-electron chi connectivity index (χ4n) is 6.40. The molecule has 0 radical (unpaired) electrons. The summed E-state index contributed by atoms with van der Waals surface area (Å²) in [5.41, 5.74) is -6.34. The van der Waals surface area contributed by atoms with Gasteiger partial charge in [-0.25, -0.2) is 12.8 Å². The SMILES string of the molecule is COc1cc(F)c(-c2ccn(CCC(=O)O)c(=O)c2)cc1C(=O)N[C@@H]1[C@H]2CC[C@H](C2)[C@@H]1C(=O)Nc1cccc(S(=O)(=O)C(F)(F)F)c1. The molecule has 47 heavy (non-hydrogen) atoms. The second kappa shape index (κ2) is 12.8. The lowest BCUT2D eigenvalue weighted by molar-refractivity contribution is -0.137. The molecule has 2 aliphatic carbocycles. The minimum Gasteiger partial charge on any atom is -0.496 e. The lowest BCUT2D eigenvalue weighted by atomic mass is 9.83. The summed E-state index contributed by atoms with van der Waals surface area (Å²) < 4.78 is 84.6. The summed E-state index contributed by atoms with van der Waals surface area (Å²) in [6.45, 7) is -0.0937. The molecule has 2 amide bonds. The molecule has 5 rings (SSSR count). The maximum atomic E-state index is 15.2. The summed E-state index contributed by atoms with van der Waals surface area (Å²) in [5.74, 6) is -4.40. The number of nitrogens with zero attached hydrogens (tertiary/aromatic N) is 1. The van der Waals surface area contributed by atoms with E-state index < -0.39 is 61.4 Å². The summed E-state index contributed by atoms with van der Waals surface area (Å²) >= 11 is 0. The summed E-state index contributed by atoms with van der Waals surface area (Å²) in [6, 6.07) is 7.81. The first-order valence-corrected chi connectivity index (χ1v) is 15.9. The van der Waals surface area contributed by atoms with E-state index in [2.05, 4.69) is 10.6 Å².